The molecule has 30 heavy (non-hydrogen) atoms. The van der Waals surface area contributed by atoms with Gasteiger partial charge in [-0.1, -0.05) is 78.4 Å². The highest BCUT2D eigenvalue weighted by Gasteiger charge is 2.16. The normalized spacial score (nSPS) is 11.4. The number of rotatable bonds is 5. The van der Waals surface area contributed by atoms with Crippen LogP contribution in [0.25, 0.3) is 21.9 Å². The molecule has 0 unspecified atom stereocenters. The fraction of sp³-hybridized carbons (Fsp3) is 0.154. The molecule has 5 rings (SSSR count). The van der Waals surface area contributed by atoms with Crippen molar-refractivity contribution in [2.45, 2.75) is 26.4 Å². The van der Waals surface area contributed by atoms with Crippen LogP contribution in [0.5, 0.6) is 0 Å². The van der Waals surface area contributed by atoms with Crippen molar-refractivity contribution in [3.05, 3.63) is 112 Å². The Morgan fingerprint density at radius 1 is 0.833 bits per heavy atom. The minimum absolute atomic E-state index is 0.0132. The lowest BCUT2D eigenvalue weighted by Gasteiger charge is -2.10. The fourth-order valence-corrected chi connectivity index (χ4v) is 4.04. The maximum absolute atomic E-state index is 13.5. The largest absolute Gasteiger partial charge is 0.330 e. The van der Waals surface area contributed by atoms with Gasteiger partial charge in [-0.05, 0) is 30.5 Å². The van der Waals surface area contributed by atoms with Crippen molar-refractivity contribution in [1.29, 1.82) is 0 Å². The summed E-state index contributed by atoms with van der Waals surface area (Å²) in [5, 5.41) is 1.02. The molecule has 0 aliphatic rings. The molecular formula is C26H23N3O. The third-order valence-electron chi connectivity index (χ3n) is 5.68. The molecule has 0 aliphatic heterocycles. The van der Waals surface area contributed by atoms with Crippen LogP contribution in [0.1, 0.15) is 16.7 Å². The number of aromatic nitrogens is 3. The average molecular weight is 393 g/mol. The number of hydrogen-bond acceptors (Lipinski definition) is 2. The van der Waals surface area contributed by atoms with Gasteiger partial charge in [-0.15, -0.1) is 0 Å². The molecule has 0 saturated heterocycles. The van der Waals surface area contributed by atoms with Crippen LogP contribution in [0.2, 0.25) is 0 Å². The lowest BCUT2D eigenvalue weighted by molar-refractivity contribution is 0.658. The van der Waals surface area contributed by atoms with Crippen LogP contribution in [-0.4, -0.2) is 14.1 Å². The molecule has 2 aromatic heterocycles. The Kier molecular flexibility index (Phi) is 4.68. The summed E-state index contributed by atoms with van der Waals surface area (Å²) >= 11 is 0. The molecule has 0 saturated carbocycles. The zero-order valence-electron chi connectivity index (χ0n) is 17.0. The van der Waals surface area contributed by atoms with E-state index in [4.69, 9.17) is 4.98 Å². The standard InChI is InChI=1S/C26H23N3O/c1-19-11-13-21(14-12-19)17-29-23-10-6-5-9-22(23)24-25(29)26(30)28(18-27-24)16-15-20-7-3-2-4-8-20/h2-14,18H,15-17H2,1H3. The second kappa shape index (κ2) is 7.64. The molecule has 5 aromatic rings. The minimum Gasteiger partial charge on any atom is -0.330 e. The van der Waals surface area contributed by atoms with Crippen LogP contribution in [0.15, 0.2) is 90.0 Å². The van der Waals surface area contributed by atoms with Crippen LogP contribution in [0, 0.1) is 6.92 Å². The van der Waals surface area contributed by atoms with Crippen LogP contribution >= 0.6 is 0 Å². The van der Waals surface area contributed by atoms with Gasteiger partial charge in [0, 0.05) is 18.5 Å². The van der Waals surface area contributed by atoms with Crippen molar-refractivity contribution in [2.75, 3.05) is 0 Å². The van der Waals surface area contributed by atoms with Gasteiger partial charge in [0.05, 0.1) is 11.8 Å². The van der Waals surface area contributed by atoms with E-state index in [1.807, 2.05) is 36.4 Å². The molecule has 0 atom stereocenters. The van der Waals surface area contributed by atoms with Gasteiger partial charge in [0.1, 0.15) is 11.0 Å². The average Bonchev–Trinajstić information content (AvgIpc) is 3.10. The summed E-state index contributed by atoms with van der Waals surface area (Å²) in [4.78, 5) is 18.2. The Morgan fingerprint density at radius 3 is 2.37 bits per heavy atom. The van der Waals surface area contributed by atoms with Crippen molar-refractivity contribution in [1.82, 2.24) is 14.1 Å². The molecule has 148 valence electrons. The van der Waals surface area contributed by atoms with E-state index >= 15 is 0 Å². The second-order valence-electron chi connectivity index (χ2n) is 7.76. The maximum Gasteiger partial charge on any atom is 0.277 e. The van der Waals surface area contributed by atoms with E-state index in [0.29, 0.717) is 18.6 Å². The lowest BCUT2D eigenvalue weighted by Crippen LogP contribution is -2.23. The van der Waals surface area contributed by atoms with Crippen molar-refractivity contribution in [3.63, 3.8) is 0 Å². The Morgan fingerprint density at radius 2 is 1.57 bits per heavy atom. The summed E-state index contributed by atoms with van der Waals surface area (Å²) in [6.07, 6.45) is 2.49. The topological polar surface area (TPSA) is 39.8 Å². The van der Waals surface area contributed by atoms with Gasteiger partial charge < -0.3 is 4.57 Å². The molecule has 2 heterocycles. The number of hydrogen-bond donors (Lipinski definition) is 0. The third-order valence-corrected chi connectivity index (χ3v) is 5.68. The van der Waals surface area contributed by atoms with E-state index in [9.17, 15) is 4.79 Å². The molecule has 0 aliphatic carbocycles. The van der Waals surface area contributed by atoms with Crippen LogP contribution in [-0.2, 0) is 19.5 Å². The highest BCUT2D eigenvalue weighted by Crippen LogP contribution is 2.26. The summed E-state index contributed by atoms with van der Waals surface area (Å²) in [6, 6.07) is 26.8. The van der Waals surface area contributed by atoms with E-state index in [2.05, 4.69) is 54.0 Å². The highest BCUT2D eigenvalue weighted by atomic mass is 16.1. The van der Waals surface area contributed by atoms with Crippen molar-refractivity contribution < 1.29 is 0 Å². The number of para-hydroxylation sites is 1. The SMILES string of the molecule is Cc1ccc(Cn2c3ccccc3c3ncn(CCc4ccccc4)c(=O)c32)cc1. The minimum atomic E-state index is 0.0132. The Labute approximate surface area is 175 Å². The maximum atomic E-state index is 13.5. The Bertz CT molecular complexity index is 1380. The summed E-state index contributed by atoms with van der Waals surface area (Å²) in [5.41, 5.74) is 6.11. The molecule has 0 radical (unpaired) electrons. The van der Waals surface area contributed by atoms with Gasteiger partial charge in [0.15, 0.2) is 0 Å². The third kappa shape index (κ3) is 3.30. The molecule has 0 fully saturated rings. The number of benzene rings is 3. The van der Waals surface area contributed by atoms with Gasteiger partial charge in [-0.25, -0.2) is 4.98 Å². The Balaban J connectivity index is 1.62. The zero-order chi connectivity index (χ0) is 20.5. The van der Waals surface area contributed by atoms with Gasteiger partial charge in [-0.3, -0.25) is 9.36 Å². The van der Waals surface area contributed by atoms with E-state index in [-0.39, 0.29) is 5.56 Å². The first-order valence-corrected chi connectivity index (χ1v) is 10.3. The quantitative estimate of drug-likeness (QED) is 0.424. The zero-order valence-corrected chi connectivity index (χ0v) is 17.0. The van der Waals surface area contributed by atoms with Crippen molar-refractivity contribution >= 4 is 21.9 Å². The molecule has 0 bridgehead atoms. The first-order chi connectivity index (χ1) is 14.7. The Hall–Kier alpha value is -3.66. The molecule has 0 amide bonds. The van der Waals surface area contributed by atoms with Crippen LogP contribution in [0.3, 0.4) is 0 Å². The molecular weight excluding hydrogens is 370 g/mol. The summed E-state index contributed by atoms with van der Waals surface area (Å²) in [7, 11) is 0. The van der Waals surface area contributed by atoms with Crippen LogP contribution in [0.4, 0.5) is 0 Å². The fourth-order valence-electron chi connectivity index (χ4n) is 4.04. The highest BCUT2D eigenvalue weighted by molar-refractivity contribution is 6.05. The van der Waals surface area contributed by atoms with Gasteiger partial charge >= 0.3 is 0 Å². The first kappa shape index (κ1) is 18.4. The molecule has 0 spiro atoms. The first-order valence-electron chi connectivity index (χ1n) is 10.3. The predicted octanol–water partition coefficient (Wildman–Crippen LogP) is 4.95. The smallest absolute Gasteiger partial charge is 0.277 e. The van der Waals surface area contributed by atoms with Crippen LogP contribution < -0.4 is 5.56 Å². The van der Waals surface area contributed by atoms with E-state index < -0.39 is 0 Å². The molecule has 4 heteroatoms. The lowest BCUT2D eigenvalue weighted by atomic mass is 10.1. The van der Waals surface area contributed by atoms with E-state index in [0.717, 1.165) is 22.8 Å². The number of fused-ring (bicyclic) bond motifs is 3. The van der Waals surface area contributed by atoms with Crippen molar-refractivity contribution in [3.8, 4) is 0 Å². The predicted molar refractivity (Wildman–Crippen MR) is 122 cm³/mol. The molecule has 0 N–H and O–H groups in total. The van der Waals surface area contributed by atoms with E-state index in [1.54, 1.807) is 10.9 Å². The molecule has 4 nitrogen and oxygen atoms in total. The van der Waals surface area contributed by atoms with Gasteiger partial charge in [0.2, 0.25) is 0 Å². The van der Waals surface area contributed by atoms with Crippen molar-refractivity contribution in [2.24, 2.45) is 0 Å². The number of nitrogens with zero attached hydrogens (tertiary/aromatic N) is 3. The summed E-state index contributed by atoms with van der Waals surface area (Å²) in [6.45, 7) is 3.33. The molecule has 3 aromatic carbocycles. The number of aryl methyl sites for hydroxylation is 3. The van der Waals surface area contributed by atoms with Gasteiger partial charge in [0.25, 0.3) is 5.56 Å². The summed E-state index contributed by atoms with van der Waals surface area (Å²) in [5.74, 6) is 0. The van der Waals surface area contributed by atoms with Gasteiger partial charge in [-0.2, -0.15) is 0 Å². The second-order valence-corrected chi connectivity index (χ2v) is 7.76. The van der Waals surface area contributed by atoms with E-state index in [1.165, 1.54) is 16.7 Å². The monoisotopic (exact) mass is 393 g/mol. The summed E-state index contributed by atoms with van der Waals surface area (Å²) < 4.78 is 3.85.